The van der Waals surface area contributed by atoms with Gasteiger partial charge < -0.3 is 14.7 Å². The molecule has 0 rings (SSSR count). The molecular formula is C8H19O7PS. The number of aliphatic hydroxyl groups is 2. The molecule has 0 saturated heterocycles. The number of aliphatic hydroxyl groups excluding tert-OH is 2. The van der Waals surface area contributed by atoms with Crippen molar-refractivity contribution < 1.29 is 32.3 Å². The lowest BCUT2D eigenvalue weighted by Gasteiger charge is -2.25. The van der Waals surface area contributed by atoms with E-state index in [1.54, 1.807) is 13.8 Å². The van der Waals surface area contributed by atoms with Crippen molar-refractivity contribution in [2.75, 3.05) is 25.5 Å². The Morgan fingerprint density at radius 2 is 1.59 bits per heavy atom. The maximum atomic E-state index is 12.0. The van der Waals surface area contributed by atoms with Gasteiger partial charge in [-0.15, -0.1) is 0 Å². The molecule has 0 bridgehead atoms. The van der Waals surface area contributed by atoms with Crippen molar-refractivity contribution in [3.05, 3.63) is 0 Å². The SMILES string of the molecule is CCP(=O)(CC)OC(C(CO)CO)S(=O)(=O)O. The third kappa shape index (κ3) is 5.03. The molecule has 1 atom stereocenters. The molecule has 7 nitrogen and oxygen atoms in total. The highest BCUT2D eigenvalue weighted by Gasteiger charge is 2.37. The van der Waals surface area contributed by atoms with Crippen LogP contribution in [0.1, 0.15) is 13.8 Å². The van der Waals surface area contributed by atoms with Crippen LogP contribution >= 0.6 is 7.37 Å². The van der Waals surface area contributed by atoms with Gasteiger partial charge >= 0.3 is 0 Å². The van der Waals surface area contributed by atoms with Gasteiger partial charge in [-0.3, -0.25) is 9.12 Å². The minimum Gasteiger partial charge on any atom is -0.396 e. The molecule has 3 N–H and O–H groups in total. The molecule has 0 amide bonds. The Hall–Kier alpha value is 0.0200. The van der Waals surface area contributed by atoms with Crippen LogP contribution in [0, 0.1) is 5.92 Å². The maximum Gasteiger partial charge on any atom is 0.293 e. The zero-order chi connectivity index (χ0) is 13.7. The van der Waals surface area contributed by atoms with E-state index < -0.39 is 42.1 Å². The van der Waals surface area contributed by atoms with Crippen LogP contribution in [0.5, 0.6) is 0 Å². The fourth-order valence-corrected chi connectivity index (χ4v) is 4.04. The zero-order valence-electron chi connectivity index (χ0n) is 9.81. The van der Waals surface area contributed by atoms with Crippen molar-refractivity contribution in [2.45, 2.75) is 19.3 Å². The lowest BCUT2D eigenvalue weighted by Crippen LogP contribution is -2.36. The molecule has 0 heterocycles. The Labute approximate surface area is 101 Å². The van der Waals surface area contributed by atoms with Crippen LogP contribution in [0.25, 0.3) is 0 Å². The highest BCUT2D eigenvalue weighted by atomic mass is 32.2. The van der Waals surface area contributed by atoms with Gasteiger partial charge in [0.05, 0.1) is 13.2 Å². The Morgan fingerprint density at radius 3 is 1.82 bits per heavy atom. The van der Waals surface area contributed by atoms with E-state index in [1.165, 1.54) is 0 Å². The second-order valence-electron chi connectivity index (χ2n) is 3.56. The third-order valence-electron chi connectivity index (χ3n) is 2.41. The molecule has 0 radical (unpaired) electrons. The predicted molar refractivity (Wildman–Crippen MR) is 62.8 cm³/mol. The number of hydrogen-bond acceptors (Lipinski definition) is 6. The molecule has 9 heteroatoms. The van der Waals surface area contributed by atoms with E-state index in [2.05, 4.69) is 0 Å². The van der Waals surface area contributed by atoms with Gasteiger partial charge in [0, 0.05) is 18.2 Å². The normalized spacial score (nSPS) is 15.2. The molecule has 0 aliphatic rings. The van der Waals surface area contributed by atoms with Crippen molar-refractivity contribution in [3.63, 3.8) is 0 Å². The van der Waals surface area contributed by atoms with Gasteiger partial charge in [0.2, 0.25) is 7.37 Å². The van der Waals surface area contributed by atoms with Crippen LogP contribution in [0.4, 0.5) is 0 Å². The summed E-state index contributed by atoms with van der Waals surface area (Å²) in [6.07, 6.45) is 0.220. The van der Waals surface area contributed by atoms with E-state index in [0.29, 0.717) is 0 Å². The molecule has 0 aromatic carbocycles. The smallest absolute Gasteiger partial charge is 0.293 e. The van der Waals surface area contributed by atoms with E-state index in [1.807, 2.05) is 0 Å². The average molecular weight is 290 g/mol. The molecular weight excluding hydrogens is 271 g/mol. The highest BCUT2D eigenvalue weighted by molar-refractivity contribution is 7.86. The summed E-state index contributed by atoms with van der Waals surface area (Å²) < 4.78 is 48.1. The maximum absolute atomic E-state index is 12.0. The summed E-state index contributed by atoms with van der Waals surface area (Å²) in [6.45, 7) is 1.74. The minimum absolute atomic E-state index is 0.110. The van der Waals surface area contributed by atoms with Gasteiger partial charge in [0.1, 0.15) is 0 Å². The van der Waals surface area contributed by atoms with Gasteiger partial charge in [-0.25, -0.2) is 0 Å². The lowest BCUT2D eigenvalue weighted by atomic mass is 10.2. The summed E-state index contributed by atoms with van der Waals surface area (Å²) in [6, 6.07) is 0. The van der Waals surface area contributed by atoms with E-state index in [0.717, 1.165) is 0 Å². The van der Waals surface area contributed by atoms with Crippen molar-refractivity contribution in [2.24, 2.45) is 5.92 Å². The first kappa shape index (κ1) is 17.0. The second kappa shape index (κ2) is 6.82. The number of rotatable bonds is 8. The summed E-state index contributed by atoms with van der Waals surface area (Å²) in [4.78, 5) is 0. The first-order valence-corrected chi connectivity index (χ1v) is 8.68. The molecule has 17 heavy (non-hydrogen) atoms. The van der Waals surface area contributed by atoms with Crippen molar-refractivity contribution in [1.82, 2.24) is 0 Å². The first-order valence-electron chi connectivity index (χ1n) is 5.18. The van der Waals surface area contributed by atoms with Crippen LogP contribution in [0.15, 0.2) is 0 Å². The summed E-state index contributed by atoms with van der Waals surface area (Å²) in [5.74, 6) is -1.23. The van der Waals surface area contributed by atoms with E-state index >= 15 is 0 Å². The first-order chi connectivity index (χ1) is 7.74. The predicted octanol–water partition coefficient (Wildman–Crippen LogP) is 0.136. The van der Waals surface area contributed by atoms with Gasteiger partial charge in [0.25, 0.3) is 10.1 Å². The molecule has 104 valence electrons. The summed E-state index contributed by atoms with van der Waals surface area (Å²) in [5.41, 5.74) is -1.87. The largest absolute Gasteiger partial charge is 0.396 e. The van der Waals surface area contributed by atoms with Crippen LogP contribution in [-0.2, 0) is 19.2 Å². The highest BCUT2D eigenvalue weighted by Crippen LogP contribution is 2.48. The van der Waals surface area contributed by atoms with Crippen molar-refractivity contribution in [3.8, 4) is 0 Å². The lowest BCUT2D eigenvalue weighted by molar-refractivity contribution is 0.0827. The van der Waals surface area contributed by atoms with Gasteiger partial charge in [-0.05, 0) is 0 Å². The molecule has 0 aliphatic carbocycles. The van der Waals surface area contributed by atoms with E-state index in [9.17, 15) is 13.0 Å². The Kier molecular flexibility index (Phi) is 6.83. The molecule has 0 saturated carbocycles. The molecule has 0 aromatic rings. The Balaban J connectivity index is 5.16. The van der Waals surface area contributed by atoms with Gasteiger partial charge in [-0.2, -0.15) is 8.42 Å². The molecule has 0 fully saturated rings. The van der Waals surface area contributed by atoms with Crippen molar-refractivity contribution in [1.29, 1.82) is 0 Å². The monoisotopic (exact) mass is 290 g/mol. The third-order valence-corrected chi connectivity index (χ3v) is 6.16. The molecule has 1 unspecified atom stereocenters. The molecule has 0 aliphatic heterocycles. The zero-order valence-corrected chi connectivity index (χ0v) is 11.5. The fraction of sp³-hybridized carbons (Fsp3) is 1.00. The van der Waals surface area contributed by atoms with E-state index in [-0.39, 0.29) is 12.3 Å². The van der Waals surface area contributed by atoms with Crippen molar-refractivity contribution >= 4 is 17.5 Å². The molecule has 0 spiro atoms. The van der Waals surface area contributed by atoms with Crippen LogP contribution in [-0.4, -0.2) is 54.2 Å². The Bertz CT molecular complexity index is 354. The standard InChI is InChI=1S/C8H19O7PS/c1-3-16(11,4-2)15-8(17(12,13)14)7(5-9)6-10/h7-10H,3-6H2,1-2H3,(H,12,13,14). The summed E-state index contributed by atoms with van der Waals surface area (Å²) >= 11 is 0. The second-order valence-corrected chi connectivity index (χ2v) is 8.16. The Morgan fingerprint density at radius 1 is 1.18 bits per heavy atom. The van der Waals surface area contributed by atoms with E-state index in [4.69, 9.17) is 19.3 Å². The average Bonchev–Trinajstić information content (AvgIpc) is 2.27. The minimum atomic E-state index is -4.66. The topological polar surface area (TPSA) is 121 Å². The van der Waals surface area contributed by atoms with Crippen LogP contribution in [0.3, 0.4) is 0 Å². The van der Waals surface area contributed by atoms with Gasteiger partial charge in [-0.1, -0.05) is 13.8 Å². The van der Waals surface area contributed by atoms with Gasteiger partial charge in [0.15, 0.2) is 5.44 Å². The summed E-state index contributed by atoms with van der Waals surface area (Å²) in [7, 11) is -7.83. The van der Waals surface area contributed by atoms with Crippen LogP contribution in [0.2, 0.25) is 0 Å². The molecule has 0 aromatic heterocycles. The van der Waals surface area contributed by atoms with Crippen LogP contribution < -0.4 is 0 Å². The number of hydrogen-bond donors (Lipinski definition) is 3. The summed E-state index contributed by atoms with van der Waals surface area (Å²) in [5, 5.41) is 17.8. The fourth-order valence-electron chi connectivity index (χ4n) is 1.18. The quantitative estimate of drug-likeness (QED) is 0.429.